The maximum Gasteiger partial charge on any atom is 0.275 e. The van der Waals surface area contributed by atoms with Crippen molar-refractivity contribution in [1.82, 2.24) is 15.1 Å². The SMILES string of the molecule is CCN(CC(=O)Nc1cccc(OC)c1)C(=O)c1n[nH]c(C(C)C)c1Br. The van der Waals surface area contributed by atoms with Gasteiger partial charge in [-0.3, -0.25) is 14.7 Å². The molecule has 2 aromatic rings. The smallest absolute Gasteiger partial charge is 0.275 e. The Hall–Kier alpha value is -2.35. The molecule has 0 unspecified atom stereocenters. The summed E-state index contributed by atoms with van der Waals surface area (Å²) in [6.07, 6.45) is 0. The average molecular weight is 423 g/mol. The summed E-state index contributed by atoms with van der Waals surface area (Å²) in [5, 5.41) is 9.76. The van der Waals surface area contributed by atoms with Crippen LogP contribution < -0.4 is 10.1 Å². The van der Waals surface area contributed by atoms with Crippen molar-refractivity contribution in [3.8, 4) is 5.75 Å². The number of H-pyrrole nitrogens is 1. The normalized spacial score (nSPS) is 10.7. The summed E-state index contributed by atoms with van der Waals surface area (Å²) in [6, 6.07) is 7.05. The second-order valence-corrected chi connectivity index (χ2v) is 6.85. The number of hydrogen-bond donors (Lipinski definition) is 2. The Morgan fingerprint density at radius 1 is 1.38 bits per heavy atom. The minimum absolute atomic E-state index is 0.0666. The first-order valence-corrected chi connectivity index (χ1v) is 9.13. The van der Waals surface area contributed by atoms with Crippen molar-refractivity contribution in [2.24, 2.45) is 0 Å². The van der Waals surface area contributed by atoms with Crippen LogP contribution in [0, 0.1) is 0 Å². The maximum absolute atomic E-state index is 12.7. The number of anilines is 1. The van der Waals surface area contributed by atoms with Crippen molar-refractivity contribution in [1.29, 1.82) is 0 Å². The van der Waals surface area contributed by atoms with Crippen molar-refractivity contribution >= 4 is 33.4 Å². The van der Waals surface area contributed by atoms with E-state index < -0.39 is 0 Å². The molecular formula is C18H23BrN4O3. The predicted octanol–water partition coefficient (Wildman–Crippen LogP) is 3.41. The number of aromatic amines is 1. The Labute approximate surface area is 161 Å². The van der Waals surface area contributed by atoms with Crippen LogP contribution in [0.2, 0.25) is 0 Å². The summed E-state index contributed by atoms with van der Waals surface area (Å²) in [5.74, 6) is 0.255. The van der Waals surface area contributed by atoms with E-state index in [2.05, 4.69) is 31.4 Å². The lowest BCUT2D eigenvalue weighted by Crippen LogP contribution is -2.38. The average Bonchev–Trinajstić information content (AvgIpc) is 3.00. The molecule has 2 rings (SSSR count). The Bertz CT molecular complexity index is 788. The van der Waals surface area contributed by atoms with E-state index in [0.717, 1.165) is 5.69 Å². The Balaban J connectivity index is 2.08. The van der Waals surface area contributed by atoms with Crippen LogP contribution in [0.5, 0.6) is 5.75 Å². The third-order valence-corrected chi connectivity index (χ3v) is 4.67. The molecule has 1 heterocycles. The van der Waals surface area contributed by atoms with Gasteiger partial charge in [0.2, 0.25) is 5.91 Å². The molecular weight excluding hydrogens is 400 g/mol. The molecule has 2 N–H and O–H groups in total. The molecule has 0 aliphatic carbocycles. The number of carbonyl (C=O) groups excluding carboxylic acids is 2. The van der Waals surface area contributed by atoms with Gasteiger partial charge < -0.3 is 15.0 Å². The van der Waals surface area contributed by atoms with Crippen LogP contribution in [-0.2, 0) is 4.79 Å². The van der Waals surface area contributed by atoms with Gasteiger partial charge in [0, 0.05) is 18.3 Å². The maximum atomic E-state index is 12.7. The first-order valence-electron chi connectivity index (χ1n) is 8.34. The van der Waals surface area contributed by atoms with Crippen LogP contribution in [0.3, 0.4) is 0 Å². The van der Waals surface area contributed by atoms with E-state index in [0.29, 0.717) is 22.5 Å². The molecule has 1 aromatic carbocycles. The molecule has 0 aliphatic heterocycles. The summed E-state index contributed by atoms with van der Waals surface area (Å²) in [6.45, 7) is 6.15. The first-order chi connectivity index (χ1) is 12.4. The third-order valence-electron chi connectivity index (χ3n) is 3.87. The van der Waals surface area contributed by atoms with Gasteiger partial charge >= 0.3 is 0 Å². The number of nitrogens with zero attached hydrogens (tertiary/aromatic N) is 2. The van der Waals surface area contributed by atoms with E-state index in [1.165, 1.54) is 4.90 Å². The summed E-state index contributed by atoms with van der Waals surface area (Å²) in [4.78, 5) is 26.5. The van der Waals surface area contributed by atoms with Crippen molar-refractivity contribution in [3.05, 3.63) is 40.1 Å². The number of likely N-dealkylation sites (N-methyl/N-ethyl adjacent to an activating group) is 1. The second-order valence-electron chi connectivity index (χ2n) is 6.05. The van der Waals surface area contributed by atoms with Crippen molar-refractivity contribution in [2.75, 3.05) is 25.5 Å². The zero-order valence-electron chi connectivity index (χ0n) is 15.3. The summed E-state index contributed by atoms with van der Waals surface area (Å²) < 4.78 is 5.78. The van der Waals surface area contributed by atoms with E-state index in [-0.39, 0.29) is 30.0 Å². The number of amides is 2. The Morgan fingerprint density at radius 3 is 2.69 bits per heavy atom. The molecule has 0 fully saturated rings. The lowest BCUT2D eigenvalue weighted by atomic mass is 10.1. The standard InChI is InChI=1S/C18H23BrN4O3/c1-5-23(18(25)17-15(19)16(11(2)3)21-22-17)10-14(24)20-12-7-6-8-13(9-12)26-4/h6-9,11H,5,10H2,1-4H3,(H,20,24)(H,21,22). The molecule has 0 spiro atoms. The molecule has 0 radical (unpaired) electrons. The van der Waals surface area contributed by atoms with Gasteiger partial charge in [0.25, 0.3) is 5.91 Å². The molecule has 2 amide bonds. The van der Waals surface area contributed by atoms with E-state index in [1.807, 2.05) is 20.8 Å². The number of carbonyl (C=O) groups is 2. The lowest BCUT2D eigenvalue weighted by Gasteiger charge is -2.19. The molecule has 0 aliphatic rings. The number of benzene rings is 1. The largest absolute Gasteiger partial charge is 0.497 e. The molecule has 0 bridgehead atoms. The summed E-state index contributed by atoms with van der Waals surface area (Å²) >= 11 is 3.43. The summed E-state index contributed by atoms with van der Waals surface area (Å²) in [5.41, 5.74) is 1.75. The first kappa shape index (κ1) is 20.0. The van der Waals surface area contributed by atoms with E-state index >= 15 is 0 Å². The van der Waals surface area contributed by atoms with Crippen molar-refractivity contribution < 1.29 is 14.3 Å². The Kier molecular flexibility index (Phi) is 6.79. The van der Waals surface area contributed by atoms with Gasteiger partial charge in [0.15, 0.2) is 5.69 Å². The number of nitrogens with one attached hydrogen (secondary N) is 2. The fourth-order valence-corrected chi connectivity index (χ4v) is 3.22. The van der Waals surface area contributed by atoms with Crippen molar-refractivity contribution in [2.45, 2.75) is 26.7 Å². The predicted molar refractivity (Wildman–Crippen MR) is 104 cm³/mol. The van der Waals surface area contributed by atoms with Crippen LogP contribution in [0.15, 0.2) is 28.7 Å². The van der Waals surface area contributed by atoms with Gasteiger partial charge in [0.1, 0.15) is 12.3 Å². The topological polar surface area (TPSA) is 87.3 Å². The van der Waals surface area contributed by atoms with Gasteiger partial charge in [-0.15, -0.1) is 0 Å². The molecule has 8 heteroatoms. The van der Waals surface area contributed by atoms with E-state index in [9.17, 15) is 9.59 Å². The highest BCUT2D eigenvalue weighted by atomic mass is 79.9. The van der Waals surface area contributed by atoms with Crippen LogP contribution >= 0.6 is 15.9 Å². The van der Waals surface area contributed by atoms with Crippen LogP contribution in [0.25, 0.3) is 0 Å². The highest BCUT2D eigenvalue weighted by molar-refractivity contribution is 9.10. The molecule has 1 aromatic heterocycles. The molecule has 7 nitrogen and oxygen atoms in total. The Morgan fingerprint density at radius 2 is 2.12 bits per heavy atom. The number of rotatable bonds is 7. The zero-order chi connectivity index (χ0) is 19.3. The fourth-order valence-electron chi connectivity index (χ4n) is 2.42. The van der Waals surface area contributed by atoms with Gasteiger partial charge in [-0.25, -0.2) is 0 Å². The van der Waals surface area contributed by atoms with Gasteiger partial charge in [-0.05, 0) is 40.9 Å². The second kappa shape index (κ2) is 8.84. The monoisotopic (exact) mass is 422 g/mol. The van der Waals surface area contributed by atoms with E-state index in [1.54, 1.807) is 31.4 Å². The quantitative estimate of drug-likeness (QED) is 0.715. The summed E-state index contributed by atoms with van der Waals surface area (Å²) in [7, 11) is 1.56. The van der Waals surface area contributed by atoms with Gasteiger partial charge in [-0.1, -0.05) is 19.9 Å². The third kappa shape index (κ3) is 4.63. The molecule has 140 valence electrons. The zero-order valence-corrected chi connectivity index (χ0v) is 16.9. The minimum Gasteiger partial charge on any atom is -0.497 e. The van der Waals surface area contributed by atoms with Gasteiger partial charge in [-0.2, -0.15) is 5.10 Å². The van der Waals surface area contributed by atoms with E-state index in [4.69, 9.17) is 4.74 Å². The van der Waals surface area contributed by atoms with Crippen LogP contribution in [0.1, 0.15) is 42.9 Å². The lowest BCUT2D eigenvalue weighted by molar-refractivity contribution is -0.116. The number of methoxy groups -OCH3 is 1. The molecule has 0 saturated heterocycles. The highest BCUT2D eigenvalue weighted by Crippen LogP contribution is 2.26. The molecule has 0 saturated carbocycles. The number of aromatic nitrogens is 2. The minimum atomic E-state index is -0.302. The van der Waals surface area contributed by atoms with Crippen molar-refractivity contribution in [3.63, 3.8) is 0 Å². The number of halogens is 1. The van der Waals surface area contributed by atoms with Crippen LogP contribution in [0.4, 0.5) is 5.69 Å². The molecule has 26 heavy (non-hydrogen) atoms. The number of ether oxygens (including phenoxy) is 1. The number of hydrogen-bond acceptors (Lipinski definition) is 4. The highest BCUT2D eigenvalue weighted by Gasteiger charge is 2.24. The van der Waals surface area contributed by atoms with Crippen LogP contribution in [-0.4, -0.2) is 47.1 Å². The molecule has 0 atom stereocenters. The van der Waals surface area contributed by atoms with Gasteiger partial charge in [0.05, 0.1) is 17.3 Å². The fraction of sp³-hybridized carbons (Fsp3) is 0.389.